The standard InChI is InChI=1S/C32H53N3O4/c1-21(2)15-23(29-25(36)17-31(5,6)18-26(29)37)34-13-9-11-33-12-10-14-35-24(16-22(3)4)30-27(38)19-32(7,8)20-28(30)39/h21-22,33-35H,9-20H2,1-8H3. The Balaban J connectivity index is 1.81. The zero-order chi connectivity index (χ0) is 29.4. The number of rotatable bonds is 14. The van der Waals surface area contributed by atoms with Crippen LogP contribution in [0.4, 0.5) is 0 Å². The second kappa shape index (κ2) is 14.4. The Labute approximate surface area is 236 Å². The normalized spacial score (nSPS) is 19.2. The molecule has 3 N–H and O–H groups in total. The van der Waals surface area contributed by atoms with Gasteiger partial charge >= 0.3 is 0 Å². The van der Waals surface area contributed by atoms with E-state index in [4.69, 9.17) is 0 Å². The van der Waals surface area contributed by atoms with E-state index in [0.717, 1.165) is 37.3 Å². The minimum absolute atomic E-state index is 0.0304. The Bertz CT molecular complexity index is 863. The third-order valence-electron chi connectivity index (χ3n) is 7.24. The molecule has 7 nitrogen and oxygen atoms in total. The Hall–Kier alpha value is -2.28. The van der Waals surface area contributed by atoms with Crippen molar-refractivity contribution in [2.24, 2.45) is 22.7 Å². The monoisotopic (exact) mass is 543 g/mol. The maximum absolute atomic E-state index is 12.8. The fourth-order valence-electron chi connectivity index (χ4n) is 5.57. The van der Waals surface area contributed by atoms with Crippen molar-refractivity contribution in [1.82, 2.24) is 16.0 Å². The summed E-state index contributed by atoms with van der Waals surface area (Å²) in [6.45, 7) is 19.4. The predicted octanol–water partition coefficient (Wildman–Crippen LogP) is 5.05. The van der Waals surface area contributed by atoms with E-state index in [-0.39, 0.29) is 34.0 Å². The molecular weight excluding hydrogens is 490 g/mol. The van der Waals surface area contributed by atoms with Crippen LogP contribution in [-0.4, -0.2) is 49.3 Å². The number of hydrogen-bond acceptors (Lipinski definition) is 7. The van der Waals surface area contributed by atoms with Crippen molar-refractivity contribution in [2.75, 3.05) is 26.2 Å². The summed E-state index contributed by atoms with van der Waals surface area (Å²) in [7, 11) is 0. The largest absolute Gasteiger partial charge is 0.388 e. The fourth-order valence-corrected chi connectivity index (χ4v) is 5.57. The quantitative estimate of drug-likeness (QED) is 0.160. The number of carbonyl (C=O) groups is 4. The molecule has 0 bridgehead atoms. The van der Waals surface area contributed by atoms with E-state index in [1.807, 2.05) is 27.7 Å². The average Bonchev–Trinajstić information content (AvgIpc) is 2.74. The first-order valence-electron chi connectivity index (χ1n) is 14.9. The Kier molecular flexibility index (Phi) is 12.1. The molecule has 220 valence electrons. The molecule has 0 atom stereocenters. The third kappa shape index (κ3) is 10.7. The summed E-state index contributed by atoms with van der Waals surface area (Å²) >= 11 is 0. The summed E-state index contributed by atoms with van der Waals surface area (Å²) in [5.41, 5.74) is 1.88. The van der Waals surface area contributed by atoms with Crippen molar-refractivity contribution in [3.8, 4) is 0 Å². The van der Waals surface area contributed by atoms with Crippen LogP contribution in [0.25, 0.3) is 0 Å². The molecule has 2 rings (SSSR count). The summed E-state index contributed by atoms with van der Waals surface area (Å²) < 4.78 is 0. The lowest BCUT2D eigenvalue weighted by atomic mass is 9.73. The van der Waals surface area contributed by atoms with Gasteiger partial charge in [0.15, 0.2) is 23.1 Å². The van der Waals surface area contributed by atoms with Crippen LogP contribution >= 0.6 is 0 Å². The van der Waals surface area contributed by atoms with Crippen molar-refractivity contribution in [3.63, 3.8) is 0 Å². The highest BCUT2D eigenvalue weighted by Gasteiger charge is 2.38. The summed E-state index contributed by atoms with van der Waals surface area (Å²) in [5, 5.41) is 10.3. The molecule has 2 aliphatic rings. The highest BCUT2D eigenvalue weighted by Crippen LogP contribution is 2.36. The molecule has 0 aromatic rings. The molecule has 0 heterocycles. The maximum atomic E-state index is 12.8. The van der Waals surface area contributed by atoms with Gasteiger partial charge in [-0.3, -0.25) is 19.2 Å². The van der Waals surface area contributed by atoms with Crippen LogP contribution in [0.3, 0.4) is 0 Å². The number of nitrogens with one attached hydrogen (secondary N) is 3. The van der Waals surface area contributed by atoms with Crippen LogP contribution in [-0.2, 0) is 19.2 Å². The molecule has 39 heavy (non-hydrogen) atoms. The second-order valence-electron chi connectivity index (χ2n) is 13.9. The van der Waals surface area contributed by atoms with E-state index in [9.17, 15) is 19.2 Å². The summed E-state index contributed by atoms with van der Waals surface area (Å²) in [6.07, 6.45) is 4.82. The molecule has 2 aliphatic carbocycles. The summed E-state index contributed by atoms with van der Waals surface area (Å²) in [6, 6.07) is 0. The second-order valence-corrected chi connectivity index (χ2v) is 13.9. The molecule has 2 fully saturated rings. The first kappa shape index (κ1) is 32.9. The number of Topliss-reactive ketones (excluding diaryl/α,β-unsaturated/α-hetero) is 4. The van der Waals surface area contributed by atoms with Crippen LogP contribution in [0, 0.1) is 22.7 Å². The maximum Gasteiger partial charge on any atom is 0.168 e. The molecule has 0 saturated heterocycles. The van der Waals surface area contributed by atoms with Crippen LogP contribution in [0.2, 0.25) is 0 Å². The smallest absolute Gasteiger partial charge is 0.168 e. The van der Waals surface area contributed by atoms with Crippen LogP contribution in [0.5, 0.6) is 0 Å². The van der Waals surface area contributed by atoms with Gasteiger partial charge in [-0.05, 0) is 61.4 Å². The average molecular weight is 544 g/mol. The van der Waals surface area contributed by atoms with Crippen molar-refractivity contribution in [3.05, 3.63) is 22.5 Å². The van der Waals surface area contributed by atoms with E-state index >= 15 is 0 Å². The van der Waals surface area contributed by atoms with Gasteiger partial charge in [0.25, 0.3) is 0 Å². The van der Waals surface area contributed by atoms with Crippen LogP contribution in [0.1, 0.15) is 107 Å². The van der Waals surface area contributed by atoms with Gasteiger partial charge in [-0.15, -0.1) is 0 Å². The topological polar surface area (TPSA) is 104 Å². The van der Waals surface area contributed by atoms with E-state index in [1.165, 1.54) is 0 Å². The van der Waals surface area contributed by atoms with E-state index in [2.05, 4.69) is 43.6 Å². The van der Waals surface area contributed by atoms with Gasteiger partial charge in [-0.2, -0.15) is 0 Å². The number of carbonyl (C=O) groups excluding carboxylic acids is 4. The van der Waals surface area contributed by atoms with Gasteiger partial charge in [0, 0.05) is 50.2 Å². The molecule has 0 unspecified atom stereocenters. The minimum atomic E-state index is -0.260. The Morgan fingerprint density at radius 1 is 0.590 bits per heavy atom. The molecule has 7 heteroatoms. The summed E-state index contributed by atoms with van der Waals surface area (Å²) in [5.74, 6) is 0.577. The zero-order valence-electron chi connectivity index (χ0n) is 25.8. The lowest BCUT2D eigenvalue weighted by Gasteiger charge is -2.30. The highest BCUT2D eigenvalue weighted by molar-refractivity contribution is 6.23. The van der Waals surface area contributed by atoms with Gasteiger partial charge < -0.3 is 16.0 Å². The fraction of sp³-hybridized carbons (Fsp3) is 0.750. The van der Waals surface area contributed by atoms with E-state index in [0.29, 0.717) is 74.6 Å². The number of hydrogen-bond donors (Lipinski definition) is 3. The Morgan fingerprint density at radius 3 is 1.18 bits per heavy atom. The predicted molar refractivity (Wildman–Crippen MR) is 157 cm³/mol. The van der Waals surface area contributed by atoms with Gasteiger partial charge in [0.1, 0.15) is 0 Å². The van der Waals surface area contributed by atoms with Crippen molar-refractivity contribution in [2.45, 2.75) is 107 Å². The van der Waals surface area contributed by atoms with Gasteiger partial charge in [-0.25, -0.2) is 0 Å². The lowest BCUT2D eigenvalue weighted by Crippen LogP contribution is -2.35. The van der Waals surface area contributed by atoms with Gasteiger partial charge in [-0.1, -0.05) is 55.4 Å². The van der Waals surface area contributed by atoms with Crippen LogP contribution in [0.15, 0.2) is 22.5 Å². The molecule has 0 amide bonds. The number of allylic oxidation sites excluding steroid dienone is 4. The highest BCUT2D eigenvalue weighted by atomic mass is 16.2. The van der Waals surface area contributed by atoms with Crippen molar-refractivity contribution < 1.29 is 19.2 Å². The molecular formula is C32H53N3O4. The molecule has 2 saturated carbocycles. The molecule has 0 radical (unpaired) electrons. The lowest BCUT2D eigenvalue weighted by molar-refractivity contribution is -0.129. The third-order valence-corrected chi connectivity index (χ3v) is 7.24. The van der Waals surface area contributed by atoms with Crippen LogP contribution < -0.4 is 16.0 Å². The Morgan fingerprint density at radius 2 is 0.897 bits per heavy atom. The van der Waals surface area contributed by atoms with Crippen molar-refractivity contribution >= 4 is 23.1 Å². The SMILES string of the molecule is CC(C)CC(NCCCNCCCNC(CC(C)C)=C1C(=O)CC(C)(C)CC1=O)=C1C(=O)CC(C)(C)CC1=O. The van der Waals surface area contributed by atoms with E-state index in [1.54, 1.807) is 0 Å². The van der Waals surface area contributed by atoms with Crippen molar-refractivity contribution in [1.29, 1.82) is 0 Å². The zero-order valence-corrected chi connectivity index (χ0v) is 25.8. The first-order valence-corrected chi connectivity index (χ1v) is 14.9. The molecule has 0 aliphatic heterocycles. The summed E-state index contributed by atoms with van der Waals surface area (Å²) in [4.78, 5) is 51.1. The minimum Gasteiger partial charge on any atom is -0.388 e. The van der Waals surface area contributed by atoms with E-state index < -0.39 is 0 Å². The first-order chi connectivity index (χ1) is 18.1. The molecule has 0 aromatic heterocycles. The number of ketones is 4. The van der Waals surface area contributed by atoms with Gasteiger partial charge in [0.2, 0.25) is 0 Å². The van der Waals surface area contributed by atoms with Gasteiger partial charge in [0.05, 0.1) is 11.1 Å². The molecule has 0 spiro atoms. The molecule has 0 aromatic carbocycles.